The molecule has 166 valence electrons. The molecule has 2 aromatic rings. The normalized spacial score (nSPS) is 25.0. The van der Waals surface area contributed by atoms with Crippen LogP contribution in [0.3, 0.4) is 0 Å². The number of aryl methyl sites for hydroxylation is 1. The molecule has 0 amide bonds. The smallest absolute Gasteiger partial charge is 0.149 e. The summed E-state index contributed by atoms with van der Waals surface area (Å²) >= 11 is 1.85. The molecule has 9 heteroatoms. The molecule has 4 heterocycles. The molecule has 2 aromatic heterocycles. The lowest BCUT2D eigenvalue weighted by Crippen LogP contribution is -2.49. The summed E-state index contributed by atoms with van der Waals surface area (Å²) in [6.07, 6.45) is 8.03. The van der Waals surface area contributed by atoms with Gasteiger partial charge in [-0.25, -0.2) is 8.42 Å². The number of thiophene rings is 1. The second-order valence-corrected chi connectivity index (χ2v) is 12.0. The van der Waals surface area contributed by atoms with E-state index in [-0.39, 0.29) is 11.4 Å². The number of nitrogens with zero attached hydrogens (tertiary/aromatic N) is 3. The van der Waals surface area contributed by atoms with Gasteiger partial charge in [0, 0.05) is 54.0 Å². The average molecular weight is 454 g/mol. The van der Waals surface area contributed by atoms with Gasteiger partial charge in [0.15, 0.2) is 0 Å². The topological polar surface area (TPSA) is 73.7 Å². The molecular weight excluding hydrogens is 422 g/mol. The Hall–Kier alpha value is -1.26. The highest BCUT2D eigenvalue weighted by Gasteiger charge is 2.44. The predicted molar refractivity (Wildman–Crippen MR) is 117 cm³/mol. The lowest BCUT2D eigenvalue weighted by atomic mass is 9.82. The molecule has 0 bridgehead atoms. The van der Waals surface area contributed by atoms with Gasteiger partial charge in [-0.05, 0) is 37.8 Å². The van der Waals surface area contributed by atoms with E-state index in [1.165, 1.54) is 21.6 Å². The number of fused-ring (bicyclic) bond motifs is 2. The van der Waals surface area contributed by atoms with Gasteiger partial charge in [0.1, 0.15) is 15.4 Å². The highest BCUT2D eigenvalue weighted by atomic mass is 32.2. The molecule has 1 saturated heterocycles. The summed E-state index contributed by atoms with van der Waals surface area (Å²) in [6.45, 7) is 5.91. The van der Waals surface area contributed by atoms with E-state index >= 15 is 0 Å². The van der Waals surface area contributed by atoms with Crippen LogP contribution in [-0.4, -0.2) is 61.4 Å². The fourth-order valence-corrected chi connectivity index (χ4v) is 6.50. The number of ether oxygens (including phenoxy) is 2. The zero-order valence-corrected chi connectivity index (χ0v) is 19.6. The van der Waals surface area contributed by atoms with Crippen molar-refractivity contribution >= 4 is 21.2 Å². The maximum Gasteiger partial charge on any atom is 0.149 e. The molecule has 1 spiro atoms. The Labute approximate surface area is 182 Å². The lowest BCUT2D eigenvalue weighted by molar-refractivity contribution is -0.110. The average Bonchev–Trinajstić information content (AvgIpc) is 3.30. The largest absolute Gasteiger partial charge is 0.379 e. The molecule has 0 aliphatic carbocycles. The third-order valence-electron chi connectivity index (χ3n) is 6.13. The molecule has 7 nitrogen and oxygen atoms in total. The van der Waals surface area contributed by atoms with Crippen LogP contribution in [0.1, 0.15) is 40.6 Å². The summed E-state index contributed by atoms with van der Waals surface area (Å²) in [7, 11) is -1.24. The van der Waals surface area contributed by atoms with Crippen LogP contribution in [0.15, 0.2) is 18.5 Å². The minimum absolute atomic E-state index is 0.113. The first-order valence-electron chi connectivity index (χ1n) is 10.5. The van der Waals surface area contributed by atoms with Crippen molar-refractivity contribution in [2.45, 2.75) is 57.5 Å². The third kappa shape index (κ3) is 4.80. The summed E-state index contributed by atoms with van der Waals surface area (Å²) in [6, 6.07) is 2.69. The summed E-state index contributed by atoms with van der Waals surface area (Å²) in [5, 5.41) is 4.33. The number of methoxy groups -OCH3 is 1. The maximum atomic E-state index is 11.4. The molecule has 2 atom stereocenters. The van der Waals surface area contributed by atoms with Crippen LogP contribution < -0.4 is 0 Å². The Kier molecular flexibility index (Phi) is 6.37. The van der Waals surface area contributed by atoms with Gasteiger partial charge in [-0.3, -0.25) is 9.58 Å². The van der Waals surface area contributed by atoms with Crippen LogP contribution in [0.25, 0.3) is 0 Å². The van der Waals surface area contributed by atoms with Crippen molar-refractivity contribution in [2.75, 3.05) is 32.3 Å². The van der Waals surface area contributed by atoms with E-state index in [0.29, 0.717) is 19.2 Å². The SMILES string of the molecule is COCc1cc2c(s1)C1(CCN(Cc3cnn(CCS(C)(=O)=O)c3)C(C)C1)OCC2. The Morgan fingerprint density at radius 1 is 1.43 bits per heavy atom. The summed E-state index contributed by atoms with van der Waals surface area (Å²) in [4.78, 5) is 5.16. The number of hydrogen-bond acceptors (Lipinski definition) is 7. The molecule has 0 N–H and O–H groups in total. The van der Waals surface area contributed by atoms with Crippen molar-refractivity contribution < 1.29 is 17.9 Å². The highest BCUT2D eigenvalue weighted by molar-refractivity contribution is 7.90. The Morgan fingerprint density at radius 3 is 3.00 bits per heavy atom. The Balaban J connectivity index is 1.41. The van der Waals surface area contributed by atoms with Crippen molar-refractivity contribution in [2.24, 2.45) is 0 Å². The van der Waals surface area contributed by atoms with Crippen molar-refractivity contribution in [1.82, 2.24) is 14.7 Å². The predicted octanol–water partition coefficient (Wildman–Crippen LogP) is 2.59. The van der Waals surface area contributed by atoms with Gasteiger partial charge in [-0.1, -0.05) is 0 Å². The van der Waals surface area contributed by atoms with E-state index in [2.05, 4.69) is 23.0 Å². The minimum atomic E-state index is -2.98. The Morgan fingerprint density at radius 2 is 2.27 bits per heavy atom. The van der Waals surface area contributed by atoms with Crippen molar-refractivity contribution in [1.29, 1.82) is 0 Å². The van der Waals surface area contributed by atoms with Crippen LogP contribution in [-0.2, 0) is 51.0 Å². The van der Waals surface area contributed by atoms with Crippen molar-refractivity contribution in [3.63, 3.8) is 0 Å². The molecule has 4 rings (SSSR count). The van der Waals surface area contributed by atoms with E-state index in [1.807, 2.05) is 23.7 Å². The van der Waals surface area contributed by atoms with Crippen LogP contribution >= 0.6 is 11.3 Å². The fraction of sp³-hybridized carbons (Fsp3) is 0.667. The summed E-state index contributed by atoms with van der Waals surface area (Å²) in [5.74, 6) is 0.113. The zero-order chi connectivity index (χ0) is 21.4. The highest BCUT2D eigenvalue weighted by Crippen LogP contribution is 2.47. The first-order chi connectivity index (χ1) is 14.3. The summed E-state index contributed by atoms with van der Waals surface area (Å²) in [5.41, 5.74) is 2.39. The van der Waals surface area contributed by atoms with Gasteiger partial charge in [0.2, 0.25) is 0 Å². The third-order valence-corrected chi connectivity index (χ3v) is 8.39. The standard InChI is InChI=1S/C21H31N3O4S2/c1-16-11-21(20-18(4-8-28-21)10-19(29-20)15-27-2)5-6-23(16)13-17-12-22-24(14-17)7-9-30(3,25)26/h10,12,14,16H,4-9,11,13,15H2,1-3H3. The number of hydrogen-bond donors (Lipinski definition) is 0. The van der Waals surface area contributed by atoms with Gasteiger partial charge >= 0.3 is 0 Å². The lowest BCUT2D eigenvalue weighted by Gasteiger charge is -2.47. The monoisotopic (exact) mass is 453 g/mol. The first kappa shape index (κ1) is 22.0. The van der Waals surface area contributed by atoms with Gasteiger partial charge in [-0.2, -0.15) is 5.10 Å². The van der Waals surface area contributed by atoms with Crippen LogP contribution in [0.5, 0.6) is 0 Å². The van der Waals surface area contributed by atoms with Gasteiger partial charge < -0.3 is 9.47 Å². The molecule has 2 unspecified atom stereocenters. The minimum Gasteiger partial charge on any atom is -0.379 e. The van der Waals surface area contributed by atoms with E-state index in [1.54, 1.807) is 11.8 Å². The fourth-order valence-electron chi connectivity index (χ4n) is 4.62. The van der Waals surface area contributed by atoms with Crippen LogP contribution in [0.2, 0.25) is 0 Å². The maximum absolute atomic E-state index is 11.4. The van der Waals surface area contributed by atoms with Gasteiger partial charge in [0.25, 0.3) is 0 Å². The number of likely N-dealkylation sites (tertiary alicyclic amines) is 1. The molecule has 2 aliphatic rings. The van der Waals surface area contributed by atoms with Crippen molar-refractivity contribution in [3.05, 3.63) is 39.3 Å². The second-order valence-electron chi connectivity index (χ2n) is 8.61. The van der Waals surface area contributed by atoms with Crippen molar-refractivity contribution in [3.8, 4) is 0 Å². The van der Waals surface area contributed by atoms with E-state index in [9.17, 15) is 8.42 Å². The Bertz CT molecular complexity index is 984. The second kappa shape index (κ2) is 8.70. The molecule has 30 heavy (non-hydrogen) atoms. The van der Waals surface area contributed by atoms with E-state index in [4.69, 9.17) is 9.47 Å². The quantitative estimate of drug-likeness (QED) is 0.642. The van der Waals surface area contributed by atoms with E-state index in [0.717, 1.165) is 44.5 Å². The molecule has 0 saturated carbocycles. The van der Waals surface area contributed by atoms with Gasteiger partial charge in [-0.15, -0.1) is 11.3 Å². The van der Waals surface area contributed by atoms with E-state index < -0.39 is 9.84 Å². The van der Waals surface area contributed by atoms with Crippen LogP contribution in [0.4, 0.5) is 0 Å². The molecule has 0 aromatic carbocycles. The number of aromatic nitrogens is 2. The first-order valence-corrected chi connectivity index (χ1v) is 13.3. The number of rotatable bonds is 7. The molecule has 2 aliphatic heterocycles. The number of sulfone groups is 1. The number of piperidine rings is 1. The molecular formula is C21H31N3O4S2. The van der Waals surface area contributed by atoms with Crippen LogP contribution in [0, 0.1) is 0 Å². The summed E-state index contributed by atoms with van der Waals surface area (Å²) < 4.78 is 36.3. The van der Waals surface area contributed by atoms with Gasteiger partial charge in [0.05, 0.1) is 31.7 Å². The molecule has 0 radical (unpaired) electrons. The molecule has 1 fully saturated rings. The zero-order valence-electron chi connectivity index (χ0n) is 18.0.